The zero-order valence-electron chi connectivity index (χ0n) is 12.3. The third-order valence-electron chi connectivity index (χ3n) is 3.44. The van der Waals surface area contributed by atoms with Crippen LogP contribution < -0.4 is 5.32 Å². The number of rotatable bonds is 5. The van der Waals surface area contributed by atoms with Gasteiger partial charge in [-0.3, -0.25) is 4.68 Å². The van der Waals surface area contributed by atoms with Gasteiger partial charge in [0.1, 0.15) is 0 Å². The minimum absolute atomic E-state index is 0.914. The van der Waals surface area contributed by atoms with Crippen molar-refractivity contribution in [2.24, 2.45) is 0 Å². The maximum Gasteiger partial charge on any atom is 0.0672 e. The number of aryl methyl sites for hydroxylation is 3. The van der Waals surface area contributed by atoms with Crippen molar-refractivity contribution in [3.63, 3.8) is 0 Å². The quantitative estimate of drug-likeness (QED) is 0.890. The lowest BCUT2D eigenvalue weighted by molar-refractivity contribution is 0.653. The summed E-state index contributed by atoms with van der Waals surface area (Å²) in [7, 11) is 0. The van der Waals surface area contributed by atoms with E-state index in [4.69, 9.17) is 0 Å². The van der Waals surface area contributed by atoms with Gasteiger partial charge in [-0.1, -0.05) is 19.1 Å². The fourth-order valence-electron chi connectivity index (χ4n) is 2.28. The summed E-state index contributed by atoms with van der Waals surface area (Å²) >= 11 is 0. The van der Waals surface area contributed by atoms with E-state index in [0.717, 1.165) is 25.3 Å². The largest absolute Gasteiger partial charge is 0.313 e. The first-order chi connectivity index (χ1) is 9.15. The minimum atomic E-state index is 0.914. The van der Waals surface area contributed by atoms with Crippen LogP contribution in [0.25, 0.3) is 11.1 Å². The molecule has 1 N–H and O–H groups in total. The van der Waals surface area contributed by atoms with Crippen LogP contribution >= 0.6 is 0 Å². The van der Waals surface area contributed by atoms with E-state index in [2.05, 4.69) is 62.5 Å². The van der Waals surface area contributed by atoms with Gasteiger partial charge >= 0.3 is 0 Å². The Morgan fingerprint density at radius 3 is 2.58 bits per heavy atom. The van der Waals surface area contributed by atoms with Gasteiger partial charge in [0, 0.05) is 24.8 Å². The van der Waals surface area contributed by atoms with Gasteiger partial charge in [-0.15, -0.1) is 0 Å². The van der Waals surface area contributed by atoms with E-state index in [0.29, 0.717) is 0 Å². The van der Waals surface area contributed by atoms with Crippen LogP contribution in [-0.2, 0) is 13.1 Å². The summed E-state index contributed by atoms with van der Waals surface area (Å²) in [6, 6.07) is 6.67. The Kier molecular flexibility index (Phi) is 4.38. The van der Waals surface area contributed by atoms with Crippen molar-refractivity contribution in [1.82, 2.24) is 15.1 Å². The van der Waals surface area contributed by atoms with Gasteiger partial charge in [0.15, 0.2) is 0 Å². The zero-order valence-corrected chi connectivity index (χ0v) is 12.3. The van der Waals surface area contributed by atoms with Crippen LogP contribution in [0.2, 0.25) is 0 Å². The van der Waals surface area contributed by atoms with Crippen LogP contribution in [-0.4, -0.2) is 16.3 Å². The number of aromatic nitrogens is 2. The molecule has 3 heteroatoms. The van der Waals surface area contributed by atoms with Crippen LogP contribution in [0, 0.1) is 13.8 Å². The molecule has 0 aliphatic rings. The highest BCUT2D eigenvalue weighted by Gasteiger charge is 2.10. The Labute approximate surface area is 115 Å². The normalized spacial score (nSPS) is 10.9. The van der Waals surface area contributed by atoms with E-state index in [-0.39, 0.29) is 0 Å². The predicted molar refractivity (Wildman–Crippen MR) is 80.2 cm³/mol. The molecule has 19 heavy (non-hydrogen) atoms. The number of hydrogen-bond acceptors (Lipinski definition) is 2. The van der Waals surface area contributed by atoms with Gasteiger partial charge in [-0.2, -0.15) is 5.10 Å². The molecule has 2 aromatic rings. The average molecular weight is 257 g/mol. The van der Waals surface area contributed by atoms with Crippen molar-refractivity contribution in [3.05, 3.63) is 41.2 Å². The Balaban J connectivity index is 2.39. The minimum Gasteiger partial charge on any atom is -0.313 e. The van der Waals surface area contributed by atoms with E-state index in [1.54, 1.807) is 0 Å². The van der Waals surface area contributed by atoms with E-state index < -0.39 is 0 Å². The number of nitrogens with zero attached hydrogens (tertiary/aromatic N) is 2. The van der Waals surface area contributed by atoms with Crippen LogP contribution in [0.5, 0.6) is 0 Å². The highest BCUT2D eigenvalue weighted by Crippen LogP contribution is 2.27. The second kappa shape index (κ2) is 6.02. The Morgan fingerprint density at radius 1 is 1.16 bits per heavy atom. The van der Waals surface area contributed by atoms with Crippen molar-refractivity contribution in [1.29, 1.82) is 0 Å². The summed E-state index contributed by atoms with van der Waals surface area (Å²) in [5, 5.41) is 7.91. The zero-order chi connectivity index (χ0) is 13.8. The van der Waals surface area contributed by atoms with Gasteiger partial charge in [0.25, 0.3) is 0 Å². The molecule has 0 radical (unpaired) electrons. The summed E-state index contributed by atoms with van der Waals surface area (Å²) in [5.41, 5.74) is 6.28. The second-order valence-electron chi connectivity index (χ2n) is 4.91. The Bertz CT molecular complexity index is 555. The van der Waals surface area contributed by atoms with Gasteiger partial charge < -0.3 is 5.32 Å². The van der Waals surface area contributed by atoms with Gasteiger partial charge in [-0.05, 0) is 50.1 Å². The third kappa shape index (κ3) is 3.04. The monoisotopic (exact) mass is 257 g/mol. The molecule has 0 aliphatic heterocycles. The Morgan fingerprint density at radius 2 is 1.95 bits per heavy atom. The molecule has 0 bridgehead atoms. The lowest BCUT2D eigenvalue weighted by Crippen LogP contribution is -2.11. The molecular formula is C16H23N3. The number of hydrogen-bond donors (Lipinski definition) is 1. The summed E-state index contributed by atoms with van der Waals surface area (Å²) < 4.78 is 2.00. The van der Waals surface area contributed by atoms with Gasteiger partial charge in [0.2, 0.25) is 0 Å². The van der Waals surface area contributed by atoms with E-state index in [1.165, 1.54) is 22.3 Å². The maximum atomic E-state index is 4.54. The highest BCUT2D eigenvalue weighted by atomic mass is 15.3. The average Bonchev–Trinajstić information content (AvgIpc) is 2.79. The van der Waals surface area contributed by atoms with Crippen molar-refractivity contribution in [2.45, 2.75) is 40.8 Å². The van der Waals surface area contributed by atoms with E-state index in [9.17, 15) is 0 Å². The molecule has 3 nitrogen and oxygen atoms in total. The molecule has 0 spiro atoms. The molecule has 1 aromatic carbocycles. The summed E-state index contributed by atoms with van der Waals surface area (Å²) in [5.74, 6) is 0. The second-order valence-corrected chi connectivity index (χ2v) is 4.91. The van der Waals surface area contributed by atoms with E-state index in [1.807, 2.05) is 4.68 Å². The van der Waals surface area contributed by atoms with Crippen LogP contribution in [0.3, 0.4) is 0 Å². The smallest absolute Gasteiger partial charge is 0.0672 e. The molecule has 1 heterocycles. The predicted octanol–water partition coefficient (Wildman–Crippen LogP) is 3.30. The fraction of sp³-hybridized carbons (Fsp3) is 0.438. The molecule has 0 saturated heterocycles. The maximum absolute atomic E-state index is 4.54. The standard InChI is InChI=1S/C16H23N3/c1-5-17-10-14-8-7-12(3)15(9-14)16-11-19(6-2)18-13(16)4/h7-9,11,17H,5-6,10H2,1-4H3. The third-order valence-corrected chi connectivity index (χ3v) is 3.44. The van der Waals surface area contributed by atoms with Crippen LogP contribution in [0.4, 0.5) is 0 Å². The van der Waals surface area contributed by atoms with E-state index >= 15 is 0 Å². The van der Waals surface area contributed by atoms with Gasteiger partial charge in [0.05, 0.1) is 5.69 Å². The first kappa shape index (κ1) is 13.8. The molecule has 0 unspecified atom stereocenters. The molecule has 0 aliphatic carbocycles. The van der Waals surface area contributed by atoms with Gasteiger partial charge in [-0.25, -0.2) is 0 Å². The number of benzene rings is 1. The SMILES string of the molecule is CCNCc1ccc(C)c(-c2cn(CC)nc2C)c1. The van der Waals surface area contributed by atoms with Crippen LogP contribution in [0.15, 0.2) is 24.4 Å². The fourth-order valence-corrected chi connectivity index (χ4v) is 2.28. The lowest BCUT2D eigenvalue weighted by atomic mass is 9.98. The van der Waals surface area contributed by atoms with Crippen LogP contribution in [0.1, 0.15) is 30.7 Å². The number of nitrogens with one attached hydrogen (secondary N) is 1. The Hall–Kier alpha value is -1.61. The molecule has 102 valence electrons. The first-order valence-electron chi connectivity index (χ1n) is 7.00. The molecule has 0 saturated carbocycles. The summed E-state index contributed by atoms with van der Waals surface area (Å²) in [6.07, 6.45) is 2.15. The molecule has 0 fully saturated rings. The van der Waals surface area contributed by atoms with Crippen molar-refractivity contribution in [3.8, 4) is 11.1 Å². The van der Waals surface area contributed by atoms with Crippen molar-refractivity contribution >= 4 is 0 Å². The highest BCUT2D eigenvalue weighted by molar-refractivity contribution is 5.69. The topological polar surface area (TPSA) is 29.9 Å². The summed E-state index contributed by atoms with van der Waals surface area (Å²) in [4.78, 5) is 0. The molecule has 0 amide bonds. The molecule has 1 aromatic heterocycles. The molecule has 0 atom stereocenters. The van der Waals surface area contributed by atoms with Crippen molar-refractivity contribution in [2.75, 3.05) is 6.54 Å². The summed E-state index contributed by atoms with van der Waals surface area (Å²) in [6.45, 7) is 11.3. The van der Waals surface area contributed by atoms with Crippen molar-refractivity contribution < 1.29 is 0 Å². The molecular weight excluding hydrogens is 234 g/mol. The lowest BCUT2D eigenvalue weighted by Gasteiger charge is -2.08. The first-order valence-corrected chi connectivity index (χ1v) is 7.00. The molecule has 2 rings (SSSR count).